The molecule has 1 rings (SSSR count). The number of benzene rings is 1. The van der Waals surface area contributed by atoms with Crippen molar-refractivity contribution < 1.29 is 28.5 Å². The molecule has 23 heavy (non-hydrogen) atoms. The lowest BCUT2D eigenvalue weighted by Crippen LogP contribution is -2.34. The van der Waals surface area contributed by atoms with Gasteiger partial charge in [0.05, 0.1) is 26.3 Å². The molecule has 7 heteroatoms. The minimum Gasteiger partial charge on any atom is -0.493 e. The van der Waals surface area contributed by atoms with Crippen LogP contribution in [0, 0.1) is 0 Å². The molecule has 0 unspecified atom stereocenters. The molecule has 1 aromatic carbocycles. The third-order valence-electron chi connectivity index (χ3n) is 2.62. The van der Waals surface area contributed by atoms with Gasteiger partial charge in [-0.2, -0.15) is 0 Å². The topological polar surface area (TPSA) is 83.1 Å². The zero-order chi connectivity index (χ0) is 17.5. The molecular weight excluding hydrogens is 302 g/mol. The van der Waals surface area contributed by atoms with Crippen molar-refractivity contribution in [3.05, 3.63) is 23.8 Å². The zero-order valence-electron chi connectivity index (χ0n) is 14.1. The van der Waals surface area contributed by atoms with Crippen molar-refractivity contribution in [1.29, 1.82) is 0 Å². The van der Waals surface area contributed by atoms with Crippen LogP contribution in [0.25, 0.3) is 0 Å². The first-order chi connectivity index (χ1) is 10.8. The number of hydrogen-bond donors (Lipinski definition) is 1. The second-order valence-electron chi connectivity index (χ2n) is 5.63. The highest BCUT2D eigenvalue weighted by atomic mass is 16.6. The average molecular weight is 325 g/mol. The SMILES string of the molecule is COc1ccc(C(=O)OCCNC(=O)OC(C)(C)C)cc1OC. The zero-order valence-corrected chi connectivity index (χ0v) is 14.1. The number of rotatable bonds is 6. The van der Waals surface area contributed by atoms with Gasteiger partial charge in [-0.3, -0.25) is 0 Å². The van der Waals surface area contributed by atoms with Crippen LogP contribution in [0.3, 0.4) is 0 Å². The molecule has 0 heterocycles. The molecule has 1 amide bonds. The fourth-order valence-corrected chi connectivity index (χ4v) is 1.66. The Kier molecular flexibility index (Phi) is 6.68. The number of hydrogen-bond acceptors (Lipinski definition) is 6. The number of methoxy groups -OCH3 is 2. The van der Waals surface area contributed by atoms with Gasteiger partial charge in [0.2, 0.25) is 0 Å². The Balaban J connectivity index is 2.44. The quantitative estimate of drug-likeness (QED) is 0.639. The number of alkyl carbamates (subject to hydrolysis) is 1. The predicted octanol–water partition coefficient (Wildman–Crippen LogP) is 2.39. The number of esters is 1. The molecular formula is C16H23NO6. The predicted molar refractivity (Wildman–Crippen MR) is 84.1 cm³/mol. The highest BCUT2D eigenvalue weighted by molar-refractivity contribution is 5.90. The Morgan fingerprint density at radius 1 is 1.09 bits per heavy atom. The van der Waals surface area contributed by atoms with E-state index in [0.29, 0.717) is 17.1 Å². The van der Waals surface area contributed by atoms with E-state index in [1.807, 2.05) is 0 Å². The molecule has 0 aromatic heterocycles. The number of carbonyl (C=O) groups is 2. The molecule has 0 atom stereocenters. The van der Waals surface area contributed by atoms with Gasteiger partial charge in [-0.15, -0.1) is 0 Å². The maximum Gasteiger partial charge on any atom is 0.407 e. The van der Waals surface area contributed by atoms with E-state index >= 15 is 0 Å². The van der Waals surface area contributed by atoms with Gasteiger partial charge in [0.25, 0.3) is 0 Å². The largest absolute Gasteiger partial charge is 0.493 e. The van der Waals surface area contributed by atoms with Crippen molar-refractivity contribution in [3.8, 4) is 11.5 Å². The Bertz CT molecular complexity index is 550. The molecule has 0 saturated heterocycles. The van der Waals surface area contributed by atoms with Gasteiger partial charge >= 0.3 is 12.1 Å². The molecule has 7 nitrogen and oxygen atoms in total. The van der Waals surface area contributed by atoms with Crippen LogP contribution in [-0.4, -0.2) is 45.0 Å². The minimum atomic E-state index is -0.569. The Morgan fingerprint density at radius 3 is 2.30 bits per heavy atom. The van der Waals surface area contributed by atoms with Crippen LogP contribution in [0.5, 0.6) is 11.5 Å². The third kappa shape index (κ3) is 6.46. The number of ether oxygens (including phenoxy) is 4. The smallest absolute Gasteiger partial charge is 0.407 e. The summed E-state index contributed by atoms with van der Waals surface area (Å²) in [5, 5.41) is 2.50. The van der Waals surface area contributed by atoms with Crippen molar-refractivity contribution in [3.63, 3.8) is 0 Å². The van der Waals surface area contributed by atoms with Gasteiger partial charge in [0, 0.05) is 0 Å². The van der Waals surface area contributed by atoms with Crippen molar-refractivity contribution in [2.75, 3.05) is 27.4 Å². The number of amides is 1. The van der Waals surface area contributed by atoms with Gasteiger partial charge in [-0.05, 0) is 39.0 Å². The van der Waals surface area contributed by atoms with E-state index in [1.54, 1.807) is 32.9 Å². The molecule has 0 radical (unpaired) electrons. The number of carbonyl (C=O) groups excluding carboxylic acids is 2. The molecule has 0 aliphatic heterocycles. The van der Waals surface area contributed by atoms with Crippen LogP contribution in [0.15, 0.2) is 18.2 Å². The number of nitrogens with one attached hydrogen (secondary N) is 1. The van der Waals surface area contributed by atoms with E-state index in [4.69, 9.17) is 18.9 Å². The van der Waals surface area contributed by atoms with Gasteiger partial charge in [0.15, 0.2) is 11.5 Å². The van der Waals surface area contributed by atoms with E-state index < -0.39 is 17.7 Å². The Hall–Kier alpha value is -2.44. The van der Waals surface area contributed by atoms with Crippen LogP contribution in [0.2, 0.25) is 0 Å². The molecule has 0 saturated carbocycles. The van der Waals surface area contributed by atoms with E-state index in [1.165, 1.54) is 20.3 Å². The van der Waals surface area contributed by atoms with E-state index in [2.05, 4.69) is 5.32 Å². The van der Waals surface area contributed by atoms with Crippen LogP contribution in [-0.2, 0) is 9.47 Å². The maximum atomic E-state index is 11.9. The first kappa shape index (κ1) is 18.6. The summed E-state index contributed by atoms with van der Waals surface area (Å²) in [5.74, 6) is 0.446. The summed E-state index contributed by atoms with van der Waals surface area (Å²) in [7, 11) is 3.00. The monoisotopic (exact) mass is 325 g/mol. The van der Waals surface area contributed by atoms with Gasteiger partial charge in [-0.25, -0.2) is 9.59 Å². The summed E-state index contributed by atoms with van der Waals surface area (Å²) in [6.45, 7) is 5.50. The molecule has 128 valence electrons. The lowest BCUT2D eigenvalue weighted by Gasteiger charge is -2.19. The first-order valence-electron chi connectivity index (χ1n) is 7.13. The second-order valence-corrected chi connectivity index (χ2v) is 5.63. The Morgan fingerprint density at radius 2 is 1.74 bits per heavy atom. The first-order valence-corrected chi connectivity index (χ1v) is 7.13. The molecule has 0 aliphatic carbocycles. The molecule has 0 fully saturated rings. The van der Waals surface area contributed by atoms with E-state index in [-0.39, 0.29) is 13.2 Å². The summed E-state index contributed by atoms with van der Waals surface area (Å²) < 4.78 is 20.4. The van der Waals surface area contributed by atoms with Crippen molar-refractivity contribution >= 4 is 12.1 Å². The van der Waals surface area contributed by atoms with Gasteiger partial charge in [-0.1, -0.05) is 0 Å². The molecule has 0 aliphatic rings. The van der Waals surface area contributed by atoms with Crippen molar-refractivity contribution in [2.24, 2.45) is 0 Å². The fourth-order valence-electron chi connectivity index (χ4n) is 1.66. The van der Waals surface area contributed by atoms with Crippen molar-refractivity contribution in [2.45, 2.75) is 26.4 Å². The van der Waals surface area contributed by atoms with E-state index in [9.17, 15) is 9.59 Å². The van der Waals surface area contributed by atoms with Crippen LogP contribution < -0.4 is 14.8 Å². The van der Waals surface area contributed by atoms with Crippen LogP contribution >= 0.6 is 0 Å². The maximum absolute atomic E-state index is 11.9. The normalized spacial score (nSPS) is 10.7. The average Bonchev–Trinajstić information content (AvgIpc) is 2.48. The highest BCUT2D eigenvalue weighted by Gasteiger charge is 2.16. The minimum absolute atomic E-state index is 0.0341. The van der Waals surface area contributed by atoms with Gasteiger partial charge in [0.1, 0.15) is 12.2 Å². The fraction of sp³-hybridized carbons (Fsp3) is 0.500. The standard InChI is InChI=1S/C16H23NO6/c1-16(2,3)23-15(19)17-8-9-22-14(18)11-6-7-12(20-4)13(10-11)21-5/h6-7,10H,8-9H2,1-5H3,(H,17,19). The van der Waals surface area contributed by atoms with Crippen molar-refractivity contribution in [1.82, 2.24) is 5.32 Å². The second kappa shape index (κ2) is 8.26. The third-order valence-corrected chi connectivity index (χ3v) is 2.62. The summed E-state index contributed by atoms with van der Waals surface area (Å²) in [5.41, 5.74) is -0.236. The van der Waals surface area contributed by atoms with Crippen LogP contribution in [0.1, 0.15) is 31.1 Å². The van der Waals surface area contributed by atoms with Gasteiger partial charge < -0.3 is 24.3 Å². The van der Waals surface area contributed by atoms with Crippen LogP contribution in [0.4, 0.5) is 4.79 Å². The highest BCUT2D eigenvalue weighted by Crippen LogP contribution is 2.27. The molecule has 0 bridgehead atoms. The Labute approximate surface area is 135 Å². The lowest BCUT2D eigenvalue weighted by molar-refractivity contribution is 0.0433. The summed E-state index contributed by atoms with van der Waals surface area (Å²) in [6, 6.07) is 4.72. The molecule has 0 spiro atoms. The summed E-state index contributed by atoms with van der Waals surface area (Å²) in [6.07, 6.45) is -0.556. The lowest BCUT2D eigenvalue weighted by atomic mass is 10.2. The van der Waals surface area contributed by atoms with E-state index in [0.717, 1.165) is 0 Å². The molecule has 1 N–H and O–H groups in total. The summed E-state index contributed by atoms with van der Waals surface area (Å²) >= 11 is 0. The molecule has 1 aromatic rings. The summed E-state index contributed by atoms with van der Waals surface area (Å²) in [4.78, 5) is 23.3.